The van der Waals surface area contributed by atoms with Crippen LogP contribution < -0.4 is 0 Å². The molecule has 2 rings (SSSR count). The number of rotatable bonds is 13. The van der Waals surface area contributed by atoms with E-state index in [9.17, 15) is 0 Å². The van der Waals surface area contributed by atoms with Crippen LogP contribution in [0.2, 0.25) is 0 Å². The lowest BCUT2D eigenvalue weighted by Gasteiger charge is -2.02. The Morgan fingerprint density at radius 3 is 1.33 bits per heavy atom. The number of hydrogen-bond donors (Lipinski definition) is 0. The van der Waals surface area contributed by atoms with Crippen LogP contribution >= 0.6 is 43.2 Å². The summed E-state index contributed by atoms with van der Waals surface area (Å²) in [5, 5.41) is 1.72. The van der Waals surface area contributed by atoms with Crippen molar-refractivity contribution in [2.45, 2.75) is 48.8 Å². The summed E-state index contributed by atoms with van der Waals surface area (Å²) in [7, 11) is 7.06. The molecule has 0 saturated heterocycles. The minimum atomic E-state index is 0.860. The molecule has 2 aromatic heterocycles. The highest BCUT2D eigenvalue weighted by Gasteiger charge is 1.98. The fraction of sp³-hybridized carbons (Fsp3) is 0.500. The Kier molecular flexibility index (Phi) is 11.4. The summed E-state index contributed by atoms with van der Waals surface area (Å²) in [6, 6.07) is 3.70. The number of hydrogen-bond acceptors (Lipinski definition) is 8. The maximum Gasteiger partial charge on any atom is 0.198 e. The molecule has 2 aromatic rings. The molecule has 2 heterocycles. The van der Waals surface area contributed by atoms with E-state index in [1.165, 1.54) is 50.0 Å². The number of aromatic nitrogens is 4. The van der Waals surface area contributed by atoms with Gasteiger partial charge in [-0.3, -0.25) is 0 Å². The molecule has 0 fully saturated rings. The van der Waals surface area contributed by atoms with Crippen molar-refractivity contribution in [1.82, 2.24) is 19.9 Å². The Labute approximate surface area is 160 Å². The molecule has 0 N–H and O–H groups in total. The summed E-state index contributed by atoms with van der Waals surface area (Å²) in [6.45, 7) is 0. The van der Waals surface area contributed by atoms with E-state index in [1.807, 2.05) is 33.7 Å². The largest absolute Gasteiger partial charge is 0.230 e. The molecule has 0 saturated carbocycles. The average molecular weight is 399 g/mol. The van der Waals surface area contributed by atoms with Crippen LogP contribution in [0.4, 0.5) is 0 Å². The molecular weight excluding hydrogens is 376 g/mol. The summed E-state index contributed by atoms with van der Waals surface area (Å²) < 4.78 is 0. The topological polar surface area (TPSA) is 51.6 Å². The Hall–Kier alpha value is -0.440. The molecule has 0 unspecified atom stereocenters. The molecule has 24 heavy (non-hydrogen) atoms. The van der Waals surface area contributed by atoms with Crippen LogP contribution in [-0.4, -0.2) is 31.4 Å². The minimum absolute atomic E-state index is 0.860. The highest BCUT2D eigenvalue weighted by atomic mass is 33.1. The molecule has 0 amide bonds. The molecule has 130 valence electrons. The minimum Gasteiger partial charge on any atom is -0.230 e. The second-order valence-corrected chi connectivity index (χ2v) is 9.76. The first-order valence-corrected chi connectivity index (χ1v) is 12.7. The van der Waals surface area contributed by atoms with Gasteiger partial charge in [0.1, 0.15) is 0 Å². The van der Waals surface area contributed by atoms with E-state index in [1.54, 1.807) is 46.4 Å². The summed E-state index contributed by atoms with van der Waals surface area (Å²) in [5.41, 5.74) is 0. The van der Waals surface area contributed by atoms with Crippen LogP contribution in [0.5, 0.6) is 0 Å². The summed E-state index contributed by atoms with van der Waals surface area (Å²) >= 11 is 0. The highest BCUT2D eigenvalue weighted by molar-refractivity contribution is 8.76. The third kappa shape index (κ3) is 9.76. The second-order valence-electron chi connectivity index (χ2n) is 4.99. The number of nitrogens with zero attached hydrogens (tertiary/aromatic N) is 4. The van der Waals surface area contributed by atoms with Gasteiger partial charge in [0.05, 0.1) is 0 Å². The molecular formula is C16H22N4S4. The second kappa shape index (κ2) is 13.8. The zero-order valence-electron chi connectivity index (χ0n) is 13.5. The van der Waals surface area contributed by atoms with Gasteiger partial charge in [-0.15, -0.1) is 0 Å². The van der Waals surface area contributed by atoms with Gasteiger partial charge in [0, 0.05) is 36.3 Å². The van der Waals surface area contributed by atoms with Crippen molar-refractivity contribution >= 4 is 43.2 Å². The van der Waals surface area contributed by atoms with Gasteiger partial charge in [-0.1, -0.05) is 47.3 Å². The van der Waals surface area contributed by atoms with Gasteiger partial charge in [-0.2, -0.15) is 0 Å². The highest BCUT2D eigenvalue weighted by Crippen LogP contribution is 2.29. The fourth-order valence-electron chi connectivity index (χ4n) is 1.87. The Morgan fingerprint density at radius 2 is 0.917 bits per heavy atom. The third-order valence-electron chi connectivity index (χ3n) is 3.06. The quantitative estimate of drug-likeness (QED) is 0.239. The van der Waals surface area contributed by atoms with Crippen molar-refractivity contribution < 1.29 is 0 Å². The maximum absolute atomic E-state index is 4.20. The first kappa shape index (κ1) is 19.9. The lowest BCUT2D eigenvalue weighted by Crippen LogP contribution is -1.85. The van der Waals surface area contributed by atoms with Crippen molar-refractivity contribution in [2.75, 3.05) is 11.5 Å². The Balaban J connectivity index is 1.32. The zero-order valence-corrected chi connectivity index (χ0v) is 16.8. The zero-order chi connectivity index (χ0) is 16.7. The van der Waals surface area contributed by atoms with E-state index in [4.69, 9.17) is 0 Å². The van der Waals surface area contributed by atoms with Gasteiger partial charge >= 0.3 is 0 Å². The van der Waals surface area contributed by atoms with Crippen molar-refractivity contribution in [3.8, 4) is 0 Å². The predicted molar refractivity (Wildman–Crippen MR) is 108 cm³/mol. The van der Waals surface area contributed by atoms with Gasteiger partial charge in [0.2, 0.25) is 0 Å². The molecule has 0 radical (unpaired) electrons. The normalized spacial score (nSPS) is 10.8. The lowest BCUT2D eigenvalue weighted by molar-refractivity contribution is 0.630. The van der Waals surface area contributed by atoms with E-state index in [2.05, 4.69) is 19.9 Å². The molecule has 0 spiro atoms. The van der Waals surface area contributed by atoms with Gasteiger partial charge < -0.3 is 0 Å². The molecule has 0 atom stereocenters. The van der Waals surface area contributed by atoms with Crippen molar-refractivity contribution in [3.63, 3.8) is 0 Å². The van der Waals surface area contributed by atoms with E-state index in [0.29, 0.717) is 0 Å². The van der Waals surface area contributed by atoms with Gasteiger partial charge in [-0.25, -0.2) is 19.9 Å². The monoisotopic (exact) mass is 398 g/mol. The van der Waals surface area contributed by atoms with E-state index in [0.717, 1.165) is 10.3 Å². The molecule has 0 aromatic carbocycles. The third-order valence-corrected chi connectivity index (χ3v) is 7.52. The fourth-order valence-corrected chi connectivity index (χ4v) is 5.67. The van der Waals surface area contributed by atoms with Crippen LogP contribution in [0.3, 0.4) is 0 Å². The van der Waals surface area contributed by atoms with Gasteiger partial charge in [-0.05, 0) is 46.6 Å². The summed E-state index contributed by atoms with van der Waals surface area (Å²) in [6.07, 6.45) is 15.0. The van der Waals surface area contributed by atoms with Crippen LogP contribution in [0.1, 0.15) is 38.5 Å². The number of unbranched alkanes of at least 4 members (excludes halogenated alkanes) is 5. The van der Waals surface area contributed by atoms with Crippen LogP contribution in [0, 0.1) is 0 Å². The SMILES string of the molecule is c1cnc(SSCCCCCCCCSSc2ncccn2)nc1. The van der Waals surface area contributed by atoms with E-state index in [-0.39, 0.29) is 0 Å². The smallest absolute Gasteiger partial charge is 0.198 e. The predicted octanol–water partition coefficient (Wildman–Crippen LogP) is 5.79. The van der Waals surface area contributed by atoms with Crippen molar-refractivity contribution in [3.05, 3.63) is 36.9 Å². The van der Waals surface area contributed by atoms with Crippen LogP contribution in [0.15, 0.2) is 47.2 Å². The first-order valence-electron chi connectivity index (χ1n) is 8.08. The lowest BCUT2D eigenvalue weighted by atomic mass is 10.1. The van der Waals surface area contributed by atoms with Gasteiger partial charge in [0.15, 0.2) is 10.3 Å². The summed E-state index contributed by atoms with van der Waals surface area (Å²) in [4.78, 5) is 16.8. The average Bonchev–Trinajstić information content (AvgIpc) is 2.64. The van der Waals surface area contributed by atoms with Crippen LogP contribution in [-0.2, 0) is 0 Å². The Bertz CT molecular complexity index is 481. The van der Waals surface area contributed by atoms with Crippen LogP contribution in [0.25, 0.3) is 0 Å². The maximum atomic E-state index is 4.20. The molecule has 0 aliphatic rings. The molecule has 0 aliphatic heterocycles. The molecule has 4 nitrogen and oxygen atoms in total. The molecule has 0 aliphatic carbocycles. The Morgan fingerprint density at radius 1 is 0.542 bits per heavy atom. The standard InChI is InChI=1S/C16H22N4S4/c1(3-5-13-21-23-15-17-9-7-10-18-15)2-4-6-14-22-24-16-19-11-8-12-20-16/h7-12H,1-6,13-14H2. The summed E-state index contributed by atoms with van der Waals surface area (Å²) in [5.74, 6) is 2.35. The first-order chi connectivity index (χ1) is 11.9. The van der Waals surface area contributed by atoms with Crippen molar-refractivity contribution in [2.24, 2.45) is 0 Å². The van der Waals surface area contributed by atoms with Crippen molar-refractivity contribution in [1.29, 1.82) is 0 Å². The van der Waals surface area contributed by atoms with E-state index < -0.39 is 0 Å². The van der Waals surface area contributed by atoms with E-state index >= 15 is 0 Å². The molecule has 8 heteroatoms. The van der Waals surface area contributed by atoms with Gasteiger partial charge in [0.25, 0.3) is 0 Å². The molecule has 0 bridgehead atoms.